The summed E-state index contributed by atoms with van der Waals surface area (Å²) in [4.78, 5) is 19.8. The normalized spacial score (nSPS) is 13.0. The van der Waals surface area contributed by atoms with Crippen LogP contribution >= 0.6 is 0 Å². The first-order valence-electron chi connectivity index (χ1n) is 8.39. The molecule has 1 rings (SSSR count). The van der Waals surface area contributed by atoms with Crippen molar-refractivity contribution in [1.82, 2.24) is 0 Å². The molecular formula is C16H27NaO7S. The Morgan fingerprint density at radius 1 is 0.880 bits per heavy atom. The van der Waals surface area contributed by atoms with E-state index >= 15 is 0 Å². The fourth-order valence-corrected chi connectivity index (χ4v) is 2.38. The van der Waals surface area contributed by atoms with Gasteiger partial charge in [0.1, 0.15) is 0 Å². The van der Waals surface area contributed by atoms with E-state index < -0.39 is 22.3 Å². The molecule has 0 aromatic rings. The fourth-order valence-electron chi connectivity index (χ4n) is 2.05. The number of carbonyl (C=O) groups excluding carboxylic acids is 2. The molecule has 0 spiro atoms. The standard InChI is InChI=1S/C12H26O4S.C4H2O3.Na/c1-2-3-4-5-6-7-8-9-10-11-12-16-17(13,14)15;5-3-1-2-4(6)7-3;/h2-12H2,1H3,(H,13,14,15);1-2H;/q;;+1/p-1. The van der Waals surface area contributed by atoms with Crippen molar-refractivity contribution in [3.63, 3.8) is 0 Å². The molecule has 0 saturated carbocycles. The number of ether oxygens (including phenoxy) is 1. The van der Waals surface area contributed by atoms with Crippen molar-refractivity contribution in [1.29, 1.82) is 0 Å². The largest absolute Gasteiger partial charge is 1.00 e. The number of carbonyl (C=O) groups is 2. The molecule has 1 aliphatic rings. The summed E-state index contributed by atoms with van der Waals surface area (Å²) < 4.78 is 38.4. The Bertz CT molecular complexity index is 473. The molecule has 0 aliphatic carbocycles. The molecule has 140 valence electrons. The minimum Gasteiger partial charge on any atom is -0.726 e. The number of rotatable bonds is 12. The quantitative estimate of drug-likeness (QED) is 0.116. The van der Waals surface area contributed by atoms with Gasteiger partial charge < -0.3 is 9.29 Å². The fraction of sp³-hybridized carbons (Fsp3) is 0.750. The molecular weight excluding hydrogens is 359 g/mol. The van der Waals surface area contributed by atoms with E-state index in [1.807, 2.05) is 0 Å². The van der Waals surface area contributed by atoms with Gasteiger partial charge in [-0.3, -0.25) is 4.18 Å². The summed E-state index contributed by atoms with van der Waals surface area (Å²) in [6.45, 7) is 2.24. The molecule has 0 N–H and O–H groups in total. The zero-order valence-electron chi connectivity index (χ0n) is 15.2. The number of cyclic esters (lactones) is 2. The van der Waals surface area contributed by atoms with Crippen LogP contribution in [0.5, 0.6) is 0 Å². The zero-order valence-corrected chi connectivity index (χ0v) is 18.0. The van der Waals surface area contributed by atoms with E-state index in [1.54, 1.807) is 0 Å². The van der Waals surface area contributed by atoms with Crippen molar-refractivity contribution in [2.45, 2.75) is 71.1 Å². The number of esters is 2. The third-order valence-electron chi connectivity index (χ3n) is 3.28. The van der Waals surface area contributed by atoms with Gasteiger partial charge in [0.2, 0.25) is 10.4 Å². The van der Waals surface area contributed by atoms with E-state index in [9.17, 15) is 22.6 Å². The Labute approximate surface area is 172 Å². The summed E-state index contributed by atoms with van der Waals surface area (Å²) in [7, 11) is -4.48. The molecule has 0 radical (unpaired) electrons. The maximum Gasteiger partial charge on any atom is 1.00 e. The SMILES string of the molecule is CCCCCCCCCCCCOS(=O)(=O)[O-].O=C1C=CC(=O)O1.[Na+]. The van der Waals surface area contributed by atoms with Gasteiger partial charge in [-0.15, -0.1) is 0 Å². The Morgan fingerprint density at radius 3 is 1.60 bits per heavy atom. The molecule has 0 atom stereocenters. The molecule has 0 amide bonds. The van der Waals surface area contributed by atoms with Crippen LogP contribution in [0.4, 0.5) is 0 Å². The van der Waals surface area contributed by atoms with Gasteiger partial charge in [-0.2, -0.15) is 0 Å². The van der Waals surface area contributed by atoms with Crippen LogP contribution in [0.2, 0.25) is 0 Å². The van der Waals surface area contributed by atoms with Gasteiger partial charge in [0, 0.05) is 12.2 Å². The Morgan fingerprint density at radius 2 is 1.28 bits per heavy atom. The molecule has 0 fully saturated rings. The summed E-state index contributed by atoms with van der Waals surface area (Å²) in [6.07, 6.45) is 13.9. The van der Waals surface area contributed by atoms with E-state index in [-0.39, 0.29) is 36.2 Å². The molecule has 1 heterocycles. The predicted molar refractivity (Wildman–Crippen MR) is 87.7 cm³/mol. The molecule has 25 heavy (non-hydrogen) atoms. The summed E-state index contributed by atoms with van der Waals surface area (Å²) in [5.41, 5.74) is 0. The van der Waals surface area contributed by atoms with Gasteiger partial charge >= 0.3 is 41.5 Å². The van der Waals surface area contributed by atoms with Crippen LogP contribution in [-0.2, 0) is 28.9 Å². The average Bonchev–Trinajstić information content (AvgIpc) is 2.88. The van der Waals surface area contributed by atoms with E-state index in [4.69, 9.17) is 0 Å². The van der Waals surface area contributed by atoms with Crippen LogP contribution in [0.3, 0.4) is 0 Å². The predicted octanol–water partition coefficient (Wildman–Crippen LogP) is 0.0141. The number of hydrogen-bond donors (Lipinski definition) is 0. The molecule has 1 aliphatic heterocycles. The summed E-state index contributed by atoms with van der Waals surface area (Å²) in [5, 5.41) is 0. The maximum atomic E-state index is 10.1. The first-order chi connectivity index (χ1) is 11.3. The molecule has 9 heteroatoms. The molecule has 7 nitrogen and oxygen atoms in total. The third kappa shape index (κ3) is 21.7. The van der Waals surface area contributed by atoms with Crippen molar-refractivity contribution in [2.75, 3.05) is 6.61 Å². The minimum absolute atomic E-state index is 0. The minimum atomic E-state index is -4.48. The third-order valence-corrected chi connectivity index (χ3v) is 3.74. The Kier molecular flexibility index (Phi) is 18.5. The number of unbranched alkanes of at least 4 members (excludes halogenated alkanes) is 9. The average molecular weight is 386 g/mol. The van der Waals surface area contributed by atoms with E-state index in [2.05, 4.69) is 15.8 Å². The molecule has 0 saturated heterocycles. The van der Waals surface area contributed by atoms with Gasteiger partial charge in [-0.05, 0) is 6.42 Å². The molecule has 0 bridgehead atoms. The van der Waals surface area contributed by atoms with E-state index in [1.165, 1.54) is 44.9 Å². The molecule has 0 aromatic heterocycles. The smallest absolute Gasteiger partial charge is 0.726 e. The van der Waals surface area contributed by atoms with Gasteiger partial charge in [0.15, 0.2) is 0 Å². The Balaban J connectivity index is 0. The summed E-state index contributed by atoms with van der Waals surface area (Å²) in [6, 6.07) is 0. The van der Waals surface area contributed by atoms with Gasteiger partial charge in [0.25, 0.3) is 0 Å². The van der Waals surface area contributed by atoms with Crippen LogP contribution in [0.25, 0.3) is 0 Å². The van der Waals surface area contributed by atoms with Gasteiger partial charge in [-0.25, -0.2) is 18.0 Å². The van der Waals surface area contributed by atoms with Crippen molar-refractivity contribution >= 4 is 22.3 Å². The van der Waals surface area contributed by atoms with Crippen LogP contribution in [0, 0.1) is 0 Å². The first-order valence-corrected chi connectivity index (χ1v) is 9.72. The second-order valence-corrected chi connectivity index (χ2v) is 6.54. The topological polar surface area (TPSA) is 110 Å². The van der Waals surface area contributed by atoms with E-state index in [0.29, 0.717) is 6.42 Å². The van der Waals surface area contributed by atoms with Crippen LogP contribution in [0.15, 0.2) is 12.2 Å². The molecule has 0 aromatic carbocycles. The second-order valence-electron chi connectivity index (χ2n) is 5.49. The van der Waals surface area contributed by atoms with Crippen molar-refractivity contribution in [3.05, 3.63) is 12.2 Å². The van der Waals surface area contributed by atoms with Gasteiger partial charge in [0.05, 0.1) is 6.61 Å². The number of hydrogen-bond acceptors (Lipinski definition) is 7. The summed E-state index contributed by atoms with van der Waals surface area (Å²) >= 11 is 0. The zero-order chi connectivity index (χ0) is 18.3. The van der Waals surface area contributed by atoms with E-state index in [0.717, 1.165) is 25.0 Å². The van der Waals surface area contributed by atoms with Crippen LogP contribution < -0.4 is 29.6 Å². The van der Waals surface area contributed by atoms with Crippen molar-refractivity contribution < 1.29 is 61.0 Å². The first kappa shape index (κ1) is 27.0. The van der Waals surface area contributed by atoms with Gasteiger partial charge in [-0.1, -0.05) is 64.7 Å². The van der Waals surface area contributed by atoms with Crippen LogP contribution in [0.1, 0.15) is 71.1 Å². The van der Waals surface area contributed by atoms with Crippen molar-refractivity contribution in [3.8, 4) is 0 Å². The second kappa shape index (κ2) is 17.2. The monoisotopic (exact) mass is 386 g/mol. The summed E-state index contributed by atoms with van der Waals surface area (Å²) in [5.74, 6) is -1.16. The maximum absolute atomic E-state index is 10.1. The van der Waals surface area contributed by atoms with Crippen LogP contribution in [-0.4, -0.2) is 31.5 Å². The molecule has 0 unspecified atom stereocenters. The Hall–Kier alpha value is -0.250. The van der Waals surface area contributed by atoms with Crippen molar-refractivity contribution in [2.24, 2.45) is 0 Å².